The maximum absolute atomic E-state index is 11.7. The van der Waals surface area contributed by atoms with Crippen LogP contribution in [0.4, 0.5) is 0 Å². The number of carbonyl (C=O) groups is 1. The second-order valence-corrected chi connectivity index (χ2v) is 6.57. The fourth-order valence-electron chi connectivity index (χ4n) is 1.91. The van der Waals surface area contributed by atoms with Gasteiger partial charge in [0.2, 0.25) is 5.91 Å². The zero-order chi connectivity index (χ0) is 14.6. The summed E-state index contributed by atoms with van der Waals surface area (Å²) in [7, 11) is 0. The predicted molar refractivity (Wildman–Crippen MR) is 82.5 cm³/mol. The van der Waals surface area contributed by atoms with Crippen LogP contribution in [0.1, 0.15) is 31.9 Å². The molecule has 0 bridgehead atoms. The maximum Gasteiger partial charge on any atom is 0.238 e. The summed E-state index contributed by atoms with van der Waals surface area (Å²) in [5.41, 5.74) is 7.31. The molecule has 0 aliphatic heterocycles. The van der Waals surface area contributed by atoms with Gasteiger partial charge < -0.3 is 11.1 Å². The van der Waals surface area contributed by atoms with Crippen molar-refractivity contribution in [2.24, 2.45) is 5.73 Å². The van der Waals surface area contributed by atoms with Crippen molar-refractivity contribution in [1.82, 2.24) is 5.32 Å². The highest BCUT2D eigenvalue weighted by Crippen LogP contribution is 2.27. The molecule has 106 valence electrons. The van der Waals surface area contributed by atoms with Gasteiger partial charge in [0.05, 0.1) is 0 Å². The molecule has 3 N–H and O–H groups in total. The van der Waals surface area contributed by atoms with Crippen molar-refractivity contribution in [3.8, 4) is 0 Å². The molecule has 19 heavy (non-hydrogen) atoms. The minimum Gasteiger partial charge on any atom is -0.368 e. The van der Waals surface area contributed by atoms with Gasteiger partial charge in [-0.1, -0.05) is 17.7 Å². The van der Waals surface area contributed by atoms with E-state index in [-0.39, 0.29) is 11.9 Å². The molecular weight excluding hydrogens is 256 g/mol. The van der Waals surface area contributed by atoms with Crippen molar-refractivity contribution >= 4 is 17.7 Å². The molecule has 1 aromatic carbocycles. The third-order valence-electron chi connectivity index (χ3n) is 3.01. The van der Waals surface area contributed by atoms with Crippen molar-refractivity contribution in [3.63, 3.8) is 0 Å². The van der Waals surface area contributed by atoms with Gasteiger partial charge in [-0.2, -0.15) is 0 Å². The van der Waals surface area contributed by atoms with Crippen LogP contribution in [-0.2, 0) is 4.79 Å². The maximum atomic E-state index is 11.7. The minimum absolute atomic E-state index is 0.219. The Kier molecular flexibility index (Phi) is 5.44. The summed E-state index contributed by atoms with van der Waals surface area (Å²) in [4.78, 5) is 12.9. The molecule has 4 heteroatoms. The smallest absolute Gasteiger partial charge is 0.238 e. The van der Waals surface area contributed by atoms with E-state index in [1.165, 1.54) is 16.0 Å². The number of benzene rings is 1. The van der Waals surface area contributed by atoms with Crippen LogP contribution in [0.15, 0.2) is 23.1 Å². The SMILES string of the molecule is Cc1ccc(C)c(SCC(C)(NC(C)C)C(N)=O)c1. The van der Waals surface area contributed by atoms with E-state index in [2.05, 4.69) is 37.4 Å². The number of thioether (sulfide) groups is 1. The molecule has 0 aromatic heterocycles. The lowest BCUT2D eigenvalue weighted by atomic mass is 10.0. The van der Waals surface area contributed by atoms with Crippen LogP contribution < -0.4 is 11.1 Å². The summed E-state index contributed by atoms with van der Waals surface area (Å²) in [5, 5.41) is 3.26. The van der Waals surface area contributed by atoms with Crippen LogP contribution in [0, 0.1) is 13.8 Å². The molecule has 0 aliphatic carbocycles. The Morgan fingerprint density at radius 1 is 1.42 bits per heavy atom. The molecule has 1 aromatic rings. The fourth-order valence-corrected chi connectivity index (χ4v) is 3.14. The number of nitrogens with two attached hydrogens (primary N) is 1. The lowest BCUT2D eigenvalue weighted by Gasteiger charge is -2.29. The molecule has 0 saturated heterocycles. The van der Waals surface area contributed by atoms with Crippen molar-refractivity contribution < 1.29 is 4.79 Å². The molecule has 1 atom stereocenters. The number of hydrogen-bond donors (Lipinski definition) is 2. The number of hydrogen-bond acceptors (Lipinski definition) is 3. The van der Waals surface area contributed by atoms with Gasteiger partial charge >= 0.3 is 0 Å². The Morgan fingerprint density at radius 3 is 2.58 bits per heavy atom. The Bertz CT molecular complexity index is 459. The number of nitrogens with one attached hydrogen (secondary N) is 1. The zero-order valence-electron chi connectivity index (χ0n) is 12.4. The number of rotatable bonds is 6. The van der Waals surface area contributed by atoms with Gasteiger partial charge in [-0.05, 0) is 46.2 Å². The third kappa shape index (κ3) is 4.55. The van der Waals surface area contributed by atoms with E-state index < -0.39 is 5.54 Å². The van der Waals surface area contributed by atoms with Crippen LogP contribution in [0.5, 0.6) is 0 Å². The van der Waals surface area contributed by atoms with E-state index in [1.54, 1.807) is 11.8 Å². The molecular formula is C15H24N2OS. The monoisotopic (exact) mass is 280 g/mol. The molecule has 0 heterocycles. The summed E-state index contributed by atoms with van der Waals surface area (Å²) < 4.78 is 0. The summed E-state index contributed by atoms with van der Waals surface area (Å²) in [6.07, 6.45) is 0. The van der Waals surface area contributed by atoms with Crippen molar-refractivity contribution in [2.45, 2.75) is 51.1 Å². The molecule has 1 amide bonds. The summed E-state index contributed by atoms with van der Waals surface area (Å²) in [5.74, 6) is 0.323. The highest BCUT2D eigenvalue weighted by atomic mass is 32.2. The highest BCUT2D eigenvalue weighted by Gasteiger charge is 2.31. The van der Waals surface area contributed by atoms with Gasteiger partial charge in [-0.15, -0.1) is 11.8 Å². The highest BCUT2D eigenvalue weighted by molar-refractivity contribution is 7.99. The molecule has 0 aliphatic rings. The van der Waals surface area contributed by atoms with E-state index >= 15 is 0 Å². The van der Waals surface area contributed by atoms with Gasteiger partial charge in [0.15, 0.2) is 0 Å². The largest absolute Gasteiger partial charge is 0.368 e. The van der Waals surface area contributed by atoms with Gasteiger partial charge in [0.25, 0.3) is 0 Å². The summed E-state index contributed by atoms with van der Waals surface area (Å²) in [6.45, 7) is 10.1. The normalized spacial score (nSPS) is 14.4. The average molecular weight is 280 g/mol. The average Bonchev–Trinajstić information content (AvgIpc) is 2.29. The van der Waals surface area contributed by atoms with E-state index in [1.807, 2.05) is 20.8 Å². The third-order valence-corrected chi connectivity index (χ3v) is 4.48. The van der Waals surface area contributed by atoms with E-state index in [4.69, 9.17) is 5.73 Å². The Morgan fingerprint density at radius 2 is 2.05 bits per heavy atom. The fraction of sp³-hybridized carbons (Fsp3) is 0.533. The van der Waals surface area contributed by atoms with Crippen LogP contribution >= 0.6 is 11.8 Å². The molecule has 1 unspecified atom stereocenters. The number of amides is 1. The second kappa shape index (κ2) is 6.44. The molecule has 0 fully saturated rings. The molecule has 0 saturated carbocycles. The number of aryl methyl sites for hydroxylation is 2. The molecule has 1 rings (SSSR count). The van der Waals surface area contributed by atoms with Gasteiger partial charge in [-0.3, -0.25) is 4.79 Å². The first kappa shape index (κ1) is 16.1. The van der Waals surface area contributed by atoms with E-state index in [9.17, 15) is 4.79 Å². The van der Waals surface area contributed by atoms with Crippen molar-refractivity contribution in [3.05, 3.63) is 29.3 Å². The zero-order valence-corrected chi connectivity index (χ0v) is 13.2. The van der Waals surface area contributed by atoms with Crippen molar-refractivity contribution in [2.75, 3.05) is 5.75 Å². The number of primary amides is 1. The topological polar surface area (TPSA) is 55.1 Å². The quantitative estimate of drug-likeness (QED) is 0.788. The first-order valence-corrected chi connectivity index (χ1v) is 7.51. The first-order chi connectivity index (χ1) is 8.74. The second-order valence-electron chi connectivity index (χ2n) is 5.55. The van der Waals surface area contributed by atoms with E-state index in [0.29, 0.717) is 5.75 Å². The van der Waals surface area contributed by atoms with Crippen LogP contribution in [0.25, 0.3) is 0 Å². The Labute approximate surface area is 120 Å². The summed E-state index contributed by atoms with van der Waals surface area (Å²) >= 11 is 1.68. The first-order valence-electron chi connectivity index (χ1n) is 6.52. The Hall–Kier alpha value is -1.00. The van der Waals surface area contributed by atoms with Gasteiger partial charge in [0.1, 0.15) is 5.54 Å². The lowest BCUT2D eigenvalue weighted by molar-refractivity contribution is -0.123. The number of carbonyl (C=O) groups excluding carboxylic acids is 1. The lowest BCUT2D eigenvalue weighted by Crippen LogP contribution is -2.57. The molecule has 0 radical (unpaired) electrons. The van der Waals surface area contributed by atoms with Crippen LogP contribution in [0.3, 0.4) is 0 Å². The minimum atomic E-state index is -0.685. The van der Waals surface area contributed by atoms with E-state index in [0.717, 1.165) is 0 Å². The van der Waals surface area contributed by atoms with Crippen molar-refractivity contribution in [1.29, 1.82) is 0 Å². The van der Waals surface area contributed by atoms with Gasteiger partial charge in [-0.25, -0.2) is 0 Å². The van der Waals surface area contributed by atoms with Gasteiger partial charge in [0, 0.05) is 16.7 Å². The standard InChI is InChI=1S/C15H24N2OS/c1-10(2)17-15(5,14(16)18)9-19-13-8-11(3)6-7-12(13)4/h6-8,10,17H,9H2,1-5H3,(H2,16,18). The van der Waals surface area contributed by atoms with Crippen LogP contribution in [0.2, 0.25) is 0 Å². The molecule has 3 nitrogen and oxygen atoms in total. The van der Waals surface area contributed by atoms with Crippen LogP contribution in [-0.4, -0.2) is 23.2 Å². The predicted octanol–water partition coefficient (Wildman–Crippen LogP) is 2.64. The summed E-state index contributed by atoms with van der Waals surface area (Å²) in [6, 6.07) is 6.57. The Balaban J connectivity index is 2.82. The molecule has 0 spiro atoms.